The first-order valence-electron chi connectivity index (χ1n) is 7.57. The van der Waals surface area contributed by atoms with Gasteiger partial charge < -0.3 is 9.72 Å². The maximum atomic E-state index is 6.02. The second-order valence-electron chi connectivity index (χ2n) is 6.49. The minimum atomic E-state index is -0.101. The van der Waals surface area contributed by atoms with Crippen LogP contribution in [0.4, 0.5) is 0 Å². The van der Waals surface area contributed by atoms with Crippen LogP contribution in [0, 0.1) is 0 Å². The first kappa shape index (κ1) is 13.3. The average Bonchev–Trinajstić information content (AvgIpc) is 2.96. The molecule has 2 atom stereocenters. The average molecular weight is 300 g/mol. The Morgan fingerprint density at radius 1 is 1.33 bits per heavy atom. The van der Waals surface area contributed by atoms with Gasteiger partial charge in [0, 0.05) is 10.9 Å². The number of aromatic amines is 1. The lowest BCUT2D eigenvalue weighted by Crippen LogP contribution is -2.28. The van der Waals surface area contributed by atoms with Crippen LogP contribution >= 0.6 is 11.8 Å². The number of H-pyrrole nitrogens is 1. The molecule has 4 heteroatoms. The first-order chi connectivity index (χ1) is 10.0. The number of hydrogen-bond acceptors (Lipinski definition) is 3. The van der Waals surface area contributed by atoms with Crippen LogP contribution in [0.2, 0.25) is 0 Å². The Bertz CT molecular complexity index is 731. The lowest BCUT2D eigenvalue weighted by atomic mass is 10.0. The van der Waals surface area contributed by atoms with Gasteiger partial charge >= 0.3 is 0 Å². The van der Waals surface area contributed by atoms with Crippen LogP contribution < -0.4 is 0 Å². The number of nitrogens with one attached hydrogen (secondary N) is 1. The van der Waals surface area contributed by atoms with Crippen molar-refractivity contribution in [2.75, 3.05) is 0 Å². The minimum Gasteiger partial charge on any atom is -0.475 e. The van der Waals surface area contributed by atoms with Crippen LogP contribution in [0.25, 0.3) is 10.9 Å². The molecule has 0 amide bonds. The lowest BCUT2D eigenvalue weighted by Gasteiger charge is -2.22. The Hall–Kier alpha value is -1.42. The molecule has 0 aliphatic carbocycles. The Balaban J connectivity index is 1.66. The molecule has 0 radical (unpaired) electrons. The van der Waals surface area contributed by atoms with Crippen molar-refractivity contribution >= 4 is 28.6 Å². The summed E-state index contributed by atoms with van der Waals surface area (Å²) in [6, 6.07) is 8.56. The van der Waals surface area contributed by atoms with E-state index in [0.29, 0.717) is 5.25 Å². The van der Waals surface area contributed by atoms with Crippen molar-refractivity contribution < 1.29 is 4.74 Å². The highest BCUT2D eigenvalue weighted by Gasteiger charge is 2.39. The third-order valence-corrected chi connectivity index (χ3v) is 5.96. The van der Waals surface area contributed by atoms with E-state index in [9.17, 15) is 0 Å². The number of aryl methyl sites for hydroxylation is 1. The standard InChI is InChI=1S/C17H20N2OS/c1-10-17(2,3)19-15(20-10)14-9-8-12-11-6-4-5-7-13(11)18-16(12)21-14/h4-7,10,14,18H,8-9H2,1-3H3. The molecule has 2 aliphatic rings. The number of thioether (sulfide) groups is 1. The molecule has 0 saturated heterocycles. The summed E-state index contributed by atoms with van der Waals surface area (Å²) in [4.78, 5) is 8.37. The maximum absolute atomic E-state index is 6.02. The van der Waals surface area contributed by atoms with Crippen LogP contribution in [-0.4, -0.2) is 27.8 Å². The number of aliphatic imine (C=N–C) groups is 1. The van der Waals surface area contributed by atoms with Gasteiger partial charge in [0.2, 0.25) is 0 Å². The maximum Gasteiger partial charge on any atom is 0.198 e. The summed E-state index contributed by atoms with van der Waals surface area (Å²) in [5.74, 6) is 0.932. The molecule has 3 heterocycles. The third kappa shape index (κ3) is 2.08. The van der Waals surface area contributed by atoms with Crippen LogP contribution in [0.1, 0.15) is 32.8 Å². The van der Waals surface area contributed by atoms with Gasteiger partial charge in [0.25, 0.3) is 0 Å². The Labute approximate surface area is 129 Å². The molecule has 21 heavy (non-hydrogen) atoms. The van der Waals surface area contributed by atoms with Crippen LogP contribution in [-0.2, 0) is 11.2 Å². The van der Waals surface area contributed by atoms with E-state index >= 15 is 0 Å². The number of fused-ring (bicyclic) bond motifs is 3. The van der Waals surface area contributed by atoms with Gasteiger partial charge in [-0.2, -0.15) is 0 Å². The number of rotatable bonds is 1. The van der Waals surface area contributed by atoms with E-state index in [4.69, 9.17) is 9.73 Å². The molecule has 4 rings (SSSR count). The molecule has 0 spiro atoms. The van der Waals surface area contributed by atoms with Gasteiger partial charge in [0.1, 0.15) is 6.10 Å². The summed E-state index contributed by atoms with van der Waals surface area (Å²) >= 11 is 1.87. The molecule has 3 nitrogen and oxygen atoms in total. The smallest absolute Gasteiger partial charge is 0.198 e. The van der Waals surface area contributed by atoms with Crippen molar-refractivity contribution in [2.24, 2.45) is 4.99 Å². The fourth-order valence-electron chi connectivity index (χ4n) is 3.05. The Morgan fingerprint density at radius 3 is 2.90 bits per heavy atom. The molecule has 0 fully saturated rings. The quantitative estimate of drug-likeness (QED) is 0.858. The zero-order valence-electron chi connectivity index (χ0n) is 12.6. The number of nitrogens with zero attached hydrogens (tertiary/aromatic N) is 1. The summed E-state index contributed by atoms with van der Waals surface area (Å²) in [6.45, 7) is 6.40. The van der Waals surface area contributed by atoms with E-state index in [1.165, 1.54) is 21.5 Å². The van der Waals surface area contributed by atoms with E-state index in [0.717, 1.165) is 18.7 Å². The summed E-state index contributed by atoms with van der Waals surface area (Å²) in [7, 11) is 0. The molecule has 110 valence electrons. The highest BCUT2D eigenvalue weighted by molar-refractivity contribution is 8.00. The van der Waals surface area contributed by atoms with Gasteiger partial charge in [-0.15, -0.1) is 0 Å². The van der Waals surface area contributed by atoms with E-state index < -0.39 is 0 Å². The summed E-state index contributed by atoms with van der Waals surface area (Å²) < 4.78 is 6.02. The van der Waals surface area contributed by atoms with Crippen LogP contribution in [0.15, 0.2) is 34.3 Å². The SMILES string of the molecule is CC1OC(C2CCc3c([nH]c4ccccc34)S2)=NC1(C)C. The van der Waals surface area contributed by atoms with E-state index in [1.54, 1.807) is 0 Å². The van der Waals surface area contributed by atoms with Gasteiger partial charge in [-0.3, -0.25) is 0 Å². The van der Waals surface area contributed by atoms with Gasteiger partial charge in [-0.05, 0) is 45.2 Å². The van der Waals surface area contributed by atoms with Crippen molar-refractivity contribution in [3.8, 4) is 0 Å². The van der Waals surface area contributed by atoms with E-state index in [-0.39, 0.29) is 11.6 Å². The molecule has 1 N–H and O–H groups in total. The molecule has 0 saturated carbocycles. The summed E-state index contributed by atoms with van der Waals surface area (Å²) in [6.07, 6.45) is 2.35. The molecule has 2 unspecified atom stereocenters. The van der Waals surface area contributed by atoms with E-state index in [1.807, 2.05) is 11.8 Å². The minimum absolute atomic E-state index is 0.101. The molecular formula is C17H20N2OS. The molecule has 1 aromatic carbocycles. The van der Waals surface area contributed by atoms with Crippen molar-refractivity contribution in [1.82, 2.24) is 4.98 Å². The topological polar surface area (TPSA) is 37.4 Å². The van der Waals surface area contributed by atoms with Gasteiger partial charge in [-0.25, -0.2) is 4.99 Å². The predicted octanol–water partition coefficient (Wildman–Crippen LogP) is 4.17. The molecular weight excluding hydrogens is 280 g/mol. The Kier molecular flexibility index (Phi) is 2.86. The van der Waals surface area contributed by atoms with E-state index in [2.05, 4.69) is 50.0 Å². The van der Waals surface area contributed by atoms with Crippen LogP contribution in [0.5, 0.6) is 0 Å². The summed E-state index contributed by atoms with van der Waals surface area (Å²) in [5, 5.41) is 2.99. The van der Waals surface area contributed by atoms with Gasteiger partial charge in [0.15, 0.2) is 5.90 Å². The normalized spacial score (nSPS) is 27.3. The largest absolute Gasteiger partial charge is 0.475 e. The van der Waals surface area contributed by atoms with Crippen molar-refractivity contribution in [2.45, 2.75) is 55.5 Å². The summed E-state index contributed by atoms with van der Waals surface area (Å²) in [5.41, 5.74) is 2.59. The Morgan fingerprint density at radius 2 is 2.14 bits per heavy atom. The fraction of sp³-hybridized carbons (Fsp3) is 0.471. The van der Waals surface area contributed by atoms with Crippen molar-refractivity contribution in [1.29, 1.82) is 0 Å². The van der Waals surface area contributed by atoms with Crippen molar-refractivity contribution in [3.05, 3.63) is 29.8 Å². The number of hydrogen-bond donors (Lipinski definition) is 1. The highest BCUT2D eigenvalue weighted by Crippen LogP contribution is 2.41. The molecule has 0 bridgehead atoms. The highest BCUT2D eigenvalue weighted by atomic mass is 32.2. The number of benzene rings is 1. The van der Waals surface area contributed by atoms with Gasteiger partial charge in [0.05, 0.1) is 15.8 Å². The van der Waals surface area contributed by atoms with Gasteiger partial charge in [-0.1, -0.05) is 30.0 Å². The number of ether oxygens (including phenoxy) is 1. The zero-order valence-corrected chi connectivity index (χ0v) is 13.5. The number of aromatic nitrogens is 1. The molecule has 1 aromatic heterocycles. The van der Waals surface area contributed by atoms with Crippen molar-refractivity contribution in [3.63, 3.8) is 0 Å². The zero-order chi connectivity index (χ0) is 14.6. The number of para-hydroxylation sites is 1. The predicted molar refractivity (Wildman–Crippen MR) is 88.3 cm³/mol. The fourth-order valence-corrected chi connectivity index (χ4v) is 4.30. The van der Waals surface area contributed by atoms with Crippen LogP contribution in [0.3, 0.4) is 0 Å². The first-order valence-corrected chi connectivity index (χ1v) is 8.45. The second-order valence-corrected chi connectivity index (χ2v) is 7.70. The lowest BCUT2D eigenvalue weighted by molar-refractivity contribution is 0.171. The second kappa shape index (κ2) is 4.54. The third-order valence-electron chi connectivity index (χ3n) is 4.66. The molecule has 2 aromatic rings. The monoisotopic (exact) mass is 300 g/mol. The molecule has 2 aliphatic heterocycles.